The van der Waals surface area contributed by atoms with E-state index in [9.17, 15) is 4.39 Å². The zero-order valence-electron chi connectivity index (χ0n) is 13.5. The van der Waals surface area contributed by atoms with Crippen molar-refractivity contribution in [3.05, 3.63) is 67.0 Å². The molecule has 2 aromatic carbocycles. The molecule has 3 heterocycles. The number of aromatic amines is 1. The summed E-state index contributed by atoms with van der Waals surface area (Å²) >= 11 is 0. The second-order valence-electron chi connectivity index (χ2n) is 5.96. The monoisotopic (exact) mass is 344 g/mol. The van der Waals surface area contributed by atoms with Crippen molar-refractivity contribution in [1.82, 2.24) is 24.3 Å². The van der Waals surface area contributed by atoms with Gasteiger partial charge in [-0.1, -0.05) is 18.2 Å². The highest BCUT2D eigenvalue weighted by Crippen LogP contribution is 2.34. The highest BCUT2D eigenvalue weighted by Gasteiger charge is 2.17. The van der Waals surface area contributed by atoms with E-state index in [1.807, 2.05) is 34.9 Å². The van der Waals surface area contributed by atoms with Crippen molar-refractivity contribution in [2.45, 2.75) is 0 Å². The summed E-state index contributed by atoms with van der Waals surface area (Å²) in [6.45, 7) is 0. The third kappa shape index (κ3) is 2.14. The second kappa shape index (κ2) is 5.38. The molecule has 0 aliphatic carbocycles. The first kappa shape index (κ1) is 14.6. The molecule has 26 heavy (non-hydrogen) atoms. The van der Waals surface area contributed by atoms with E-state index in [4.69, 9.17) is 5.73 Å². The summed E-state index contributed by atoms with van der Waals surface area (Å²) in [5.41, 5.74) is 11.3. The first-order chi connectivity index (χ1) is 12.7. The van der Waals surface area contributed by atoms with Gasteiger partial charge >= 0.3 is 0 Å². The number of nitrogens with zero attached hydrogens (tertiary/aromatic N) is 4. The van der Waals surface area contributed by atoms with Gasteiger partial charge in [0.2, 0.25) is 0 Å². The van der Waals surface area contributed by atoms with Gasteiger partial charge in [-0.2, -0.15) is 0 Å². The first-order valence-corrected chi connectivity index (χ1v) is 8.03. The van der Waals surface area contributed by atoms with Crippen LogP contribution >= 0.6 is 0 Å². The topological polar surface area (TPSA) is 84.9 Å². The summed E-state index contributed by atoms with van der Waals surface area (Å²) in [4.78, 5) is 16.2. The zero-order valence-corrected chi connectivity index (χ0v) is 13.5. The third-order valence-corrected chi connectivity index (χ3v) is 4.36. The second-order valence-corrected chi connectivity index (χ2v) is 5.96. The van der Waals surface area contributed by atoms with E-state index in [1.165, 1.54) is 12.1 Å². The van der Waals surface area contributed by atoms with Crippen molar-refractivity contribution < 1.29 is 4.39 Å². The van der Waals surface area contributed by atoms with Gasteiger partial charge in [0.1, 0.15) is 5.82 Å². The van der Waals surface area contributed by atoms with Gasteiger partial charge in [-0.15, -0.1) is 0 Å². The molecule has 3 N–H and O–H groups in total. The molecule has 0 saturated carbocycles. The quantitative estimate of drug-likeness (QED) is 0.512. The minimum Gasteiger partial charge on any atom is -0.381 e. The Morgan fingerprint density at radius 2 is 1.96 bits per heavy atom. The van der Waals surface area contributed by atoms with Crippen LogP contribution in [0.25, 0.3) is 39.2 Å². The SMILES string of the molecule is Nc1nc(-c2cccc(F)c2)c(-c2ccc3nc[nH]c3c2)n2ccnc12. The van der Waals surface area contributed by atoms with E-state index in [-0.39, 0.29) is 5.82 Å². The van der Waals surface area contributed by atoms with Crippen LogP contribution in [-0.4, -0.2) is 24.3 Å². The molecule has 3 aromatic heterocycles. The molecular weight excluding hydrogens is 331 g/mol. The number of fused-ring (bicyclic) bond motifs is 2. The lowest BCUT2D eigenvalue weighted by molar-refractivity contribution is 0.628. The Labute approximate surface area is 147 Å². The van der Waals surface area contributed by atoms with Gasteiger partial charge in [-0.05, 0) is 24.3 Å². The summed E-state index contributed by atoms with van der Waals surface area (Å²) in [5.74, 6) is -0.0378. The van der Waals surface area contributed by atoms with Crippen molar-refractivity contribution in [3.8, 4) is 22.5 Å². The summed E-state index contributed by atoms with van der Waals surface area (Å²) in [6, 6.07) is 12.2. The van der Waals surface area contributed by atoms with Crippen molar-refractivity contribution >= 4 is 22.5 Å². The average Bonchev–Trinajstić information content (AvgIpc) is 3.30. The van der Waals surface area contributed by atoms with E-state index >= 15 is 0 Å². The maximum Gasteiger partial charge on any atom is 0.180 e. The minimum atomic E-state index is -0.330. The van der Waals surface area contributed by atoms with E-state index in [1.54, 1.807) is 18.6 Å². The van der Waals surface area contributed by atoms with Crippen molar-refractivity contribution in [2.75, 3.05) is 5.73 Å². The zero-order chi connectivity index (χ0) is 17.7. The van der Waals surface area contributed by atoms with Crippen molar-refractivity contribution in [1.29, 1.82) is 0 Å². The highest BCUT2D eigenvalue weighted by molar-refractivity contribution is 5.87. The fourth-order valence-corrected chi connectivity index (χ4v) is 3.21. The molecule has 0 fully saturated rings. The molecule has 5 aromatic rings. The predicted molar refractivity (Wildman–Crippen MR) is 97.9 cm³/mol. The Morgan fingerprint density at radius 1 is 1.04 bits per heavy atom. The summed E-state index contributed by atoms with van der Waals surface area (Å²) in [5, 5.41) is 0. The smallest absolute Gasteiger partial charge is 0.180 e. The standard InChI is InChI=1S/C19H13FN6/c20-13-3-1-2-11(8-13)16-17(26-7-6-22-19(26)18(21)25-16)12-4-5-14-15(9-12)24-10-23-14/h1-10H,(H2,21,25)(H,23,24). The largest absolute Gasteiger partial charge is 0.381 e. The summed E-state index contributed by atoms with van der Waals surface area (Å²) in [7, 11) is 0. The number of halogens is 1. The first-order valence-electron chi connectivity index (χ1n) is 8.03. The number of benzene rings is 2. The van der Waals surface area contributed by atoms with Gasteiger partial charge in [0.05, 0.1) is 28.7 Å². The fourth-order valence-electron chi connectivity index (χ4n) is 3.21. The molecule has 0 aliphatic rings. The van der Waals surface area contributed by atoms with Gasteiger partial charge in [-0.3, -0.25) is 4.40 Å². The number of nitrogens with two attached hydrogens (primary N) is 1. The van der Waals surface area contributed by atoms with Crippen LogP contribution in [0.5, 0.6) is 0 Å². The number of imidazole rings is 2. The number of H-pyrrole nitrogens is 1. The van der Waals surface area contributed by atoms with E-state index in [2.05, 4.69) is 19.9 Å². The number of anilines is 1. The fraction of sp³-hybridized carbons (Fsp3) is 0. The average molecular weight is 344 g/mol. The molecule has 0 saturated heterocycles. The predicted octanol–water partition coefficient (Wildman–Crippen LogP) is 3.66. The maximum atomic E-state index is 13.8. The molecule has 0 aliphatic heterocycles. The molecule has 5 rings (SSSR count). The van der Waals surface area contributed by atoms with Crippen LogP contribution in [0.3, 0.4) is 0 Å². The molecule has 7 heteroatoms. The molecule has 0 unspecified atom stereocenters. The molecule has 0 bridgehead atoms. The van der Waals surface area contributed by atoms with Gasteiger partial charge in [0.15, 0.2) is 11.5 Å². The number of hydrogen-bond donors (Lipinski definition) is 2. The van der Waals surface area contributed by atoms with Crippen LogP contribution in [0.2, 0.25) is 0 Å². The molecule has 0 radical (unpaired) electrons. The van der Waals surface area contributed by atoms with E-state index in [0.29, 0.717) is 22.7 Å². The Kier molecular flexibility index (Phi) is 3.02. The van der Waals surface area contributed by atoms with Gasteiger partial charge in [0.25, 0.3) is 0 Å². The van der Waals surface area contributed by atoms with Gasteiger partial charge in [0, 0.05) is 23.5 Å². The Balaban J connectivity index is 1.88. The number of nitrogens with one attached hydrogen (secondary N) is 1. The number of nitrogen functional groups attached to an aromatic ring is 1. The minimum absolute atomic E-state index is 0.292. The summed E-state index contributed by atoms with van der Waals surface area (Å²) in [6.07, 6.45) is 5.14. The lowest BCUT2D eigenvalue weighted by atomic mass is 10.0. The van der Waals surface area contributed by atoms with Crippen molar-refractivity contribution in [3.63, 3.8) is 0 Å². The van der Waals surface area contributed by atoms with E-state index < -0.39 is 0 Å². The number of hydrogen-bond acceptors (Lipinski definition) is 4. The van der Waals surface area contributed by atoms with Gasteiger partial charge in [-0.25, -0.2) is 19.3 Å². The van der Waals surface area contributed by atoms with E-state index in [0.717, 1.165) is 22.3 Å². The highest BCUT2D eigenvalue weighted by atomic mass is 19.1. The third-order valence-electron chi connectivity index (χ3n) is 4.36. The number of rotatable bonds is 2. The maximum absolute atomic E-state index is 13.8. The molecule has 6 nitrogen and oxygen atoms in total. The number of aromatic nitrogens is 5. The lowest BCUT2D eigenvalue weighted by Crippen LogP contribution is -2.03. The van der Waals surface area contributed by atoms with Crippen LogP contribution in [-0.2, 0) is 0 Å². The van der Waals surface area contributed by atoms with Crippen LogP contribution < -0.4 is 5.73 Å². The Hall–Kier alpha value is -3.74. The van der Waals surface area contributed by atoms with Crippen LogP contribution in [0, 0.1) is 5.82 Å². The molecule has 126 valence electrons. The lowest BCUT2D eigenvalue weighted by Gasteiger charge is -2.14. The molecule has 0 amide bonds. The Bertz CT molecular complexity index is 1270. The van der Waals surface area contributed by atoms with Crippen LogP contribution in [0.4, 0.5) is 10.2 Å². The summed E-state index contributed by atoms with van der Waals surface area (Å²) < 4.78 is 15.7. The molecular formula is C19H13FN6. The molecule has 0 spiro atoms. The van der Waals surface area contributed by atoms with Crippen LogP contribution in [0.15, 0.2) is 61.2 Å². The molecule has 0 atom stereocenters. The Morgan fingerprint density at radius 3 is 2.85 bits per heavy atom. The van der Waals surface area contributed by atoms with Gasteiger partial charge < -0.3 is 10.7 Å². The van der Waals surface area contributed by atoms with Crippen molar-refractivity contribution in [2.24, 2.45) is 0 Å². The van der Waals surface area contributed by atoms with Crippen LogP contribution in [0.1, 0.15) is 0 Å². The normalized spacial score (nSPS) is 11.4.